The summed E-state index contributed by atoms with van der Waals surface area (Å²) in [5.74, 6) is 0.0698. The SMILES string of the molecule is COc1cccc(CC(=O)N2CCN(C)C[C@@H](C(N)=O)C2)c1. The number of carbonyl (C=O) groups excluding carboxylic acids is 2. The van der Waals surface area contributed by atoms with Gasteiger partial charge in [0.2, 0.25) is 11.8 Å². The zero-order valence-electron chi connectivity index (χ0n) is 13.1. The van der Waals surface area contributed by atoms with Crippen molar-refractivity contribution in [1.29, 1.82) is 0 Å². The van der Waals surface area contributed by atoms with E-state index in [1.54, 1.807) is 12.0 Å². The second kappa shape index (κ2) is 7.26. The molecule has 1 atom stereocenters. The predicted molar refractivity (Wildman–Crippen MR) is 83.5 cm³/mol. The van der Waals surface area contributed by atoms with Gasteiger partial charge < -0.3 is 20.3 Å². The van der Waals surface area contributed by atoms with Crippen LogP contribution in [0.3, 0.4) is 0 Å². The van der Waals surface area contributed by atoms with Crippen LogP contribution in [0.1, 0.15) is 5.56 Å². The fraction of sp³-hybridized carbons (Fsp3) is 0.500. The van der Waals surface area contributed by atoms with Crippen LogP contribution >= 0.6 is 0 Å². The molecule has 1 heterocycles. The van der Waals surface area contributed by atoms with Crippen LogP contribution in [0.25, 0.3) is 0 Å². The molecule has 1 saturated heterocycles. The molecular formula is C16H23N3O3. The van der Waals surface area contributed by atoms with Crippen LogP contribution in [0.15, 0.2) is 24.3 Å². The van der Waals surface area contributed by atoms with Crippen LogP contribution in [0.4, 0.5) is 0 Å². The zero-order chi connectivity index (χ0) is 16.1. The molecule has 1 fully saturated rings. The molecule has 0 aliphatic carbocycles. The summed E-state index contributed by atoms with van der Waals surface area (Å²) in [7, 11) is 3.54. The third kappa shape index (κ3) is 4.21. The molecule has 0 unspecified atom stereocenters. The standard InChI is InChI=1S/C16H23N3O3/c1-18-6-7-19(11-13(10-18)16(17)21)15(20)9-12-4-3-5-14(8-12)22-2/h3-5,8,13H,6-7,9-11H2,1-2H3,(H2,17,21)/t13-/m1/s1. The molecule has 0 bridgehead atoms. The zero-order valence-corrected chi connectivity index (χ0v) is 13.1. The van der Waals surface area contributed by atoms with E-state index in [0.717, 1.165) is 17.9 Å². The number of hydrogen-bond acceptors (Lipinski definition) is 4. The quantitative estimate of drug-likeness (QED) is 0.857. The van der Waals surface area contributed by atoms with Gasteiger partial charge in [-0.2, -0.15) is 0 Å². The van der Waals surface area contributed by atoms with E-state index in [0.29, 0.717) is 26.1 Å². The van der Waals surface area contributed by atoms with E-state index in [-0.39, 0.29) is 17.7 Å². The number of benzene rings is 1. The Bertz CT molecular complexity index is 547. The molecule has 2 amide bonds. The fourth-order valence-corrected chi connectivity index (χ4v) is 2.65. The van der Waals surface area contributed by atoms with Crippen molar-refractivity contribution in [3.05, 3.63) is 29.8 Å². The Labute approximate surface area is 130 Å². The number of carbonyl (C=O) groups is 2. The Morgan fingerprint density at radius 2 is 2.09 bits per heavy atom. The minimum absolute atomic E-state index is 0.00908. The molecule has 1 aliphatic heterocycles. The molecule has 6 nitrogen and oxygen atoms in total. The molecule has 1 aromatic rings. The first-order valence-electron chi connectivity index (χ1n) is 7.38. The van der Waals surface area contributed by atoms with Gasteiger partial charge in [-0.05, 0) is 24.7 Å². The summed E-state index contributed by atoms with van der Waals surface area (Å²) >= 11 is 0. The van der Waals surface area contributed by atoms with E-state index >= 15 is 0 Å². The van der Waals surface area contributed by atoms with E-state index < -0.39 is 0 Å². The Morgan fingerprint density at radius 3 is 2.77 bits per heavy atom. The first-order chi connectivity index (χ1) is 10.5. The third-order valence-electron chi connectivity index (χ3n) is 3.97. The van der Waals surface area contributed by atoms with Crippen LogP contribution in [0.2, 0.25) is 0 Å². The molecule has 120 valence electrons. The normalized spacial score (nSPS) is 19.5. The lowest BCUT2D eigenvalue weighted by molar-refractivity contribution is -0.131. The van der Waals surface area contributed by atoms with Crippen LogP contribution in [0.5, 0.6) is 5.75 Å². The number of likely N-dealkylation sites (N-methyl/N-ethyl adjacent to an activating group) is 1. The lowest BCUT2D eigenvalue weighted by atomic mass is 10.1. The monoisotopic (exact) mass is 305 g/mol. The first-order valence-corrected chi connectivity index (χ1v) is 7.38. The Kier molecular flexibility index (Phi) is 5.38. The van der Waals surface area contributed by atoms with Crippen molar-refractivity contribution in [3.63, 3.8) is 0 Å². The maximum atomic E-state index is 12.5. The third-order valence-corrected chi connectivity index (χ3v) is 3.97. The van der Waals surface area contributed by atoms with E-state index in [4.69, 9.17) is 10.5 Å². The largest absolute Gasteiger partial charge is 0.497 e. The topological polar surface area (TPSA) is 75.9 Å². The van der Waals surface area contributed by atoms with Crippen molar-refractivity contribution in [3.8, 4) is 5.75 Å². The second-order valence-electron chi connectivity index (χ2n) is 5.73. The lowest BCUT2D eigenvalue weighted by Crippen LogP contribution is -2.40. The van der Waals surface area contributed by atoms with Crippen LogP contribution in [0, 0.1) is 5.92 Å². The van der Waals surface area contributed by atoms with Crippen LogP contribution in [-0.2, 0) is 16.0 Å². The molecular weight excluding hydrogens is 282 g/mol. The molecule has 0 radical (unpaired) electrons. The molecule has 2 N–H and O–H groups in total. The number of methoxy groups -OCH3 is 1. The molecule has 1 aromatic carbocycles. The number of ether oxygens (including phenoxy) is 1. The van der Waals surface area contributed by atoms with E-state index in [1.165, 1.54) is 0 Å². The average molecular weight is 305 g/mol. The number of amides is 2. The predicted octanol–water partition coefficient (Wildman–Crippen LogP) is 0.113. The number of nitrogens with zero attached hydrogens (tertiary/aromatic N) is 2. The molecule has 6 heteroatoms. The van der Waals surface area contributed by atoms with Crippen molar-refractivity contribution in [1.82, 2.24) is 9.80 Å². The van der Waals surface area contributed by atoms with E-state index in [1.807, 2.05) is 36.2 Å². The summed E-state index contributed by atoms with van der Waals surface area (Å²) in [5.41, 5.74) is 6.33. The number of nitrogens with two attached hydrogens (primary N) is 1. The minimum Gasteiger partial charge on any atom is -0.497 e. The summed E-state index contributed by atoms with van der Waals surface area (Å²) in [6.45, 7) is 2.34. The number of hydrogen-bond donors (Lipinski definition) is 1. The van der Waals surface area contributed by atoms with Crippen molar-refractivity contribution < 1.29 is 14.3 Å². The van der Waals surface area contributed by atoms with Gasteiger partial charge in [-0.1, -0.05) is 12.1 Å². The Balaban J connectivity index is 2.05. The summed E-state index contributed by atoms with van der Waals surface area (Å²) in [6.07, 6.45) is 0.298. The van der Waals surface area contributed by atoms with Gasteiger partial charge in [0.05, 0.1) is 19.4 Å². The molecule has 2 rings (SSSR count). The highest BCUT2D eigenvalue weighted by atomic mass is 16.5. The van der Waals surface area contributed by atoms with Gasteiger partial charge >= 0.3 is 0 Å². The van der Waals surface area contributed by atoms with E-state index in [2.05, 4.69) is 0 Å². The average Bonchev–Trinajstić information content (AvgIpc) is 2.69. The van der Waals surface area contributed by atoms with Gasteiger partial charge in [0.1, 0.15) is 5.75 Å². The van der Waals surface area contributed by atoms with Gasteiger partial charge in [0.25, 0.3) is 0 Å². The van der Waals surface area contributed by atoms with Crippen LogP contribution < -0.4 is 10.5 Å². The highest BCUT2D eigenvalue weighted by Crippen LogP contribution is 2.15. The molecule has 0 saturated carbocycles. The van der Waals surface area contributed by atoms with Gasteiger partial charge in [0.15, 0.2) is 0 Å². The van der Waals surface area contributed by atoms with Crippen molar-refractivity contribution in [2.75, 3.05) is 40.3 Å². The first kappa shape index (κ1) is 16.3. The number of primary amides is 1. The maximum Gasteiger partial charge on any atom is 0.227 e. The van der Waals surface area contributed by atoms with Crippen molar-refractivity contribution in [2.24, 2.45) is 11.7 Å². The molecule has 0 aromatic heterocycles. The summed E-state index contributed by atoms with van der Waals surface area (Å²) < 4.78 is 5.17. The lowest BCUT2D eigenvalue weighted by Gasteiger charge is -2.22. The van der Waals surface area contributed by atoms with E-state index in [9.17, 15) is 9.59 Å². The van der Waals surface area contributed by atoms with Gasteiger partial charge in [-0.3, -0.25) is 9.59 Å². The summed E-state index contributed by atoms with van der Waals surface area (Å²) in [6, 6.07) is 7.46. The maximum absolute atomic E-state index is 12.5. The Hall–Kier alpha value is -2.08. The van der Waals surface area contributed by atoms with Gasteiger partial charge in [-0.15, -0.1) is 0 Å². The smallest absolute Gasteiger partial charge is 0.227 e. The number of rotatable bonds is 4. The van der Waals surface area contributed by atoms with Crippen molar-refractivity contribution in [2.45, 2.75) is 6.42 Å². The molecule has 22 heavy (non-hydrogen) atoms. The van der Waals surface area contributed by atoms with Crippen LogP contribution in [-0.4, -0.2) is 62.0 Å². The van der Waals surface area contributed by atoms with Crippen molar-refractivity contribution >= 4 is 11.8 Å². The second-order valence-corrected chi connectivity index (χ2v) is 5.73. The highest BCUT2D eigenvalue weighted by molar-refractivity contribution is 5.81. The minimum atomic E-state index is -0.354. The molecule has 1 aliphatic rings. The highest BCUT2D eigenvalue weighted by Gasteiger charge is 2.27. The van der Waals surface area contributed by atoms with Gasteiger partial charge in [0, 0.05) is 26.2 Å². The fourth-order valence-electron chi connectivity index (χ4n) is 2.65. The Morgan fingerprint density at radius 1 is 1.32 bits per heavy atom. The van der Waals surface area contributed by atoms with Gasteiger partial charge in [-0.25, -0.2) is 0 Å². The summed E-state index contributed by atoms with van der Waals surface area (Å²) in [5, 5.41) is 0. The summed E-state index contributed by atoms with van der Waals surface area (Å²) in [4.78, 5) is 27.8. The molecule has 0 spiro atoms.